The predicted molar refractivity (Wildman–Crippen MR) is 145 cm³/mol. The van der Waals surface area contributed by atoms with E-state index in [1.807, 2.05) is 74.5 Å². The summed E-state index contributed by atoms with van der Waals surface area (Å²) < 4.78 is 0. The first-order valence-corrected chi connectivity index (χ1v) is 12.8. The molecule has 0 saturated heterocycles. The van der Waals surface area contributed by atoms with Crippen molar-refractivity contribution in [2.24, 2.45) is 0 Å². The molecular weight excluding hydrogens is 492 g/mol. The number of urea groups is 1. The summed E-state index contributed by atoms with van der Waals surface area (Å²) in [5, 5.41) is 9.01. The van der Waals surface area contributed by atoms with E-state index in [0.717, 1.165) is 11.1 Å². The topological polar surface area (TPSA) is 74.3 Å². The molecule has 0 radical (unpaired) electrons. The van der Waals surface area contributed by atoms with Gasteiger partial charge in [0.1, 0.15) is 10.7 Å². The number of halogens is 1. The number of benzene rings is 3. The number of nitrogens with one attached hydrogen (secondary N) is 2. The molecule has 0 aliphatic rings. The maximum atomic E-state index is 13.2. The van der Waals surface area contributed by atoms with Crippen molar-refractivity contribution < 1.29 is 9.59 Å². The molecule has 0 atom stereocenters. The summed E-state index contributed by atoms with van der Waals surface area (Å²) in [6, 6.07) is 26.0. The van der Waals surface area contributed by atoms with Crippen molar-refractivity contribution in [3.8, 4) is 0 Å². The van der Waals surface area contributed by atoms with Crippen molar-refractivity contribution in [1.82, 2.24) is 15.2 Å². The van der Waals surface area contributed by atoms with Gasteiger partial charge < -0.3 is 15.5 Å². The van der Waals surface area contributed by atoms with E-state index < -0.39 is 0 Å². The molecule has 0 aliphatic carbocycles. The average molecular weight is 519 g/mol. The van der Waals surface area contributed by atoms with Crippen LogP contribution in [0.5, 0.6) is 0 Å². The molecule has 0 saturated carbocycles. The van der Waals surface area contributed by atoms with Crippen LogP contribution in [-0.2, 0) is 6.54 Å². The highest BCUT2D eigenvalue weighted by atomic mass is 35.5. The SMILES string of the molecule is CC(C)N(Cc1nc(C(=O)NC(c2ccccc2)c2ccccc2)cs1)C(=O)Nc1ccc(Cl)cc1. The molecule has 36 heavy (non-hydrogen) atoms. The fourth-order valence-corrected chi connectivity index (χ4v) is 4.60. The first-order chi connectivity index (χ1) is 17.4. The number of nitrogens with zero attached hydrogens (tertiary/aromatic N) is 2. The van der Waals surface area contributed by atoms with E-state index in [2.05, 4.69) is 15.6 Å². The second kappa shape index (κ2) is 11.8. The van der Waals surface area contributed by atoms with E-state index in [1.54, 1.807) is 34.5 Å². The minimum absolute atomic E-state index is 0.0704. The molecule has 4 rings (SSSR count). The number of aromatic nitrogens is 1. The number of anilines is 1. The van der Waals surface area contributed by atoms with Crippen LogP contribution in [0.2, 0.25) is 5.02 Å². The van der Waals surface area contributed by atoms with Crippen molar-refractivity contribution in [1.29, 1.82) is 0 Å². The molecule has 0 spiro atoms. The molecular formula is C28H27ClN4O2S. The Morgan fingerprint density at radius 1 is 0.917 bits per heavy atom. The second-order valence-electron chi connectivity index (χ2n) is 8.51. The zero-order valence-electron chi connectivity index (χ0n) is 20.0. The molecule has 0 fully saturated rings. The zero-order chi connectivity index (χ0) is 25.5. The monoisotopic (exact) mass is 518 g/mol. The first-order valence-electron chi connectivity index (χ1n) is 11.6. The van der Waals surface area contributed by atoms with Crippen LogP contribution in [0.1, 0.15) is 46.5 Å². The van der Waals surface area contributed by atoms with Crippen LogP contribution in [0.15, 0.2) is 90.3 Å². The van der Waals surface area contributed by atoms with Gasteiger partial charge in [0.25, 0.3) is 5.91 Å². The highest BCUT2D eigenvalue weighted by Gasteiger charge is 2.22. The van der Waals surface area contributed by atoms with Gasteiger partial charge in [0.05, 0.1) is 12.6 Å². The Labute approximate surface area is 220 Å². The van der Waals surface area contributed by atoms with Crippen LogP contribution in [0.4, 0.5) is 10.5 Å². The number of rotatable bonds is 8. The van der Waals surface area contributed by atoms with Gasteiger partial charge in [-0.15, -0.1) is 11.3 Å². The van der Waals surface area contributed by atoms with Gasteiger partial charge >= 0.3 is 6.03 Å². The molecule has 2 N–H and O–H groups in total. The minimum Gasteiger partial charge on any atom is -0.340 e. The van der Waals surface area contributed by atoms with Crippen LogP contribution in [-0.4, -0.2) is 27.9 Å². The summed E-state index contributed by atoms with van der Waals surface area (Å²) in [5.41, 5.74) is 2.95. The van der Waals surface area contributed by atoms with Crippen molar-refractivity contribution in [3.05, 3.63) is 117 Å². The fraction of sp³-hybridized carbons (Fsp3) is 0.179. The first kappa shape index (κ1) is 25.4. The predicted octanol–water partition coefficient (Wildman–Crippen LogP) is 6.76. The number of carbonyl (C=O) groups excluding carboxylic acids is 2. The van der Waals surface area contributed by atoms with E-state index in [1.165, 1.54) is 11.3 Å². The Morgan fingerprint density at radius 3 is 2.06 bits per heavy atom. The van der Waals surface area contributed by atoms with Crippen LogP contribution in [0.25, 0.3) is 0 Å². The summed E-state index contributed by atoms with van der Waals surface area (Å²) >= 11 is 7.29. The van der Waals surface area contributed by atoms with Gasteiger partial charge in [0.15, 0.2) is 0 Å². The van der Waals surface area contributed by atoms with Gasteiger partial charge in [-0.05, 0) is 49.2 Å². The van der Waals surface area contributed by atoms with E-state index >= 15 is 0 Å². The van der Waals surface area contributed by atoms with Gasteiger partial charge in [-0.1, -0.05) is 72.3 Å². The summed E-state index contributed by atoms with van der Waals surface area (Å²) in [5.74, 6) is -0.267. The molecule has 184 valence electrons. The molecule has 3 amide bonds. The van der Waals surface area contributed by atoms with Crippen LogP contribution in [0, 0.1) is 0 Å². The molecule has 0 bridgehead atoms. The number of carbonyl (C=O) groups is 2. The largest absolute Gasteiger partial charge is 0.340 e. The van der Waals surface area contributed by atoms with Crippen LogP contribution >= 0.6 is 22.9 Å². The number of amides is 3. The zero-order valence-corrected chi connectivity index (χ0v) is 21.6. The van der Waals surface area contributed by atoms with Crippen molar-refractivity contribution in [2.45, 2.75) is 32.5 Å². The summed E-state index contributed by atoms with van der Waals surface area (Å²) in [7, 11) is 0. The standard InChI is InChI=1S/C28H27ClN4O2S/c1-19(2)33(28(35)30-23-15-13-22(29)14-16-23)17-25-31-24(18-36-25)27(34)32-26(20-9-5-3-6-10-20)21-11-7-4-8-12-21/h3-16,18-19,26H,17H2,1-2H3,(H,30,35)(H,32,34). The lowest BCUT2D eigenvalue weighted by molar-refractivity contribution is 0.0938. The molecule has 6 nitrogen and oxygen atoms in total. The molecule has 4 aromatic rings. The molecule has 0 aliphatic heterocycles. The maximum absolute atomic E-state index is 13.2. The molecule has 3 aromatic carbocycles. The van der Waals surface area contributed by atoms with E-state index in [0.29, 0.717) is 21.4 Å². The van der Waals surface area contributed by atoms with E-state index in [-0.39, 0.29) is 30.6 Å². The van der Waals surface area contributed by atoms with E-state index in [4.69, 9.17) is 11.6 Å². The summed E-state index contributed by atoms with van der Waals surface area (Å²) in [4.78, 5) is 32.3. The summed E-state index contributed by atoms with van der Waals surface area (Å²) in [6.45, 7) is 4.16. The highest BCUT2D eigenvalue weighted by Crippen LogP contribution is 2.23. The number of thiazole rings is 1. The molecule has 8 heteroatoms. The third-order valence-electron chi connectivity index (χ3n) is 5.61. The normalized spacial score (nSPS) is 10.9. The Bertz CT molecular complexity index is 1250. The third-order valence-corrected chi connectivity index (χ3v) is 6.70. The molecule has 1 aromatic heterocycles. The van der Waals surface area contributed by atoms with Crippen molar-refractivity contribution >= 4 is 40.6 Å². The van der Waals surface area contributed by atoms with Crippen LogP contribution in [0.3, 0.4) is 0 Å². The highest BCUT2D eigenvalue weighted by molar-refractivity contribution is 7.09. The van der Waals surface area contributed by atoms with E-state index in [9.17, 15) is 9.59 Å². The second-order valence-corrected chi connectivity index (χ2v) is 9.89. The Balaban J connectivity index is 1.47. The van der Waals surface area contributed by atoms with Gasteiger partial charge in [-0.25, -0.2) is 9.78 Å². The quantitative estimate of drug-likeness (QED) is 0.270. The van der Waals surface area contributed by atoms with Crippen molar-refractivity contribution in [2.75, 3.05) is 5.32 Å². The number of hydrogen-bond donors (Lipinski definition) is 2. The van der Waals surface area contributed by atoms with Crippen LogP contribution < -0.4 is 10.6 Å². The van der Waals surface area contributed by atoms with Gasteiger partial charge in [-0.3, -0.25) is 4.79 Å². The van der Waals surface area contributed by atoms with Crippen molar-refractivity contribution in [3.63, 3.8) is 0 Å². The lowest BCUT2D eigenvalue weighted by Gasteiger charge is -2.26. The third kappa shape index (κ3) is 6.50. The lowest BCUT2D eigenvalue weighted by Crippen LogP contribution is -2.39. The Kier molecular flexibility index (Phi) is 8.36. The Hall–Kier alpha value is -3.68. The molecule has 1 heterocycles. The average Bonchev–Trinajstić information content (AvgIpc) is 3.37. The number of hydrogen-bond acceptors (Lipinski definition) is 4. The van der Waals surface area contributed by atoms with Gasteiger partial charge in [0.2, 0.25) is 0 Å². The van der Waals surface area contributed by atoms with Gasteiger partial charge in [0, 0.05) is 22.1 Å². The minimum atomic E-state index is -0.303. The fourth-order valence-electron chi connectivity index (χ4n) is 3.71. The molecule has 0 unspecified atom stereocenters. The summed E-state index contributed by atoms with van der Waals surface area (Å²) in [6.07, 6.45) is 0. The Morgan fingerprint density at radius 2 is 1.50 bits per heavy atom. The smallest absolute Gasteiger partial charge is 0.322 e. The lowest BCUT2D eigenvalue weighted by atomic mass is 9.98. The maximum Gasteiger partial charge on any atom is 0.322 e. The van der Waals surface area contributed by atoms with Gasteiger partial charge in [-0.2, -0.15) is 0 Å².